The molecule has 7 heteroatoms. The summed E-state index contributed by atoms with van der Waals surface area (Å²) in [6.45, 7) is 0.510. The fourth-order valence-corrected chi connectivity index (χ4v) is 3.83. The predicted molar refractivity (Wildman–Crippen MR) is 104 cm³/mol. The van der Waals surface area contributed by atoms with Crippen LogP contribution in [0.5, 0.6) is 5.75 Å². The second kappa shape index (κ2) is 9.62. The van der Waals surface area contributed by atoms with E-state index in [1.807, 2.05) is 29.6 Å². The molecule has 1 fully saturated rings. The Morgan fingerprint density at radius 2 is 2.04 bits per heavy atom. The van der Waals surface area contributed by atoms with Crippen LogP contribution in [0.15, 0.2) is 35.2 Å². The molecule has 1 atom stereocenters. The third-order valence-corrected chi connectivity index (χ3v) is 5.37. The molecule has 1 aromatic heterocycles. The summed E-state index contributed by atoms with van der Waals surface area (Å²) in [5, 5.41) is 19.4. The number of aromatic nitrogens is 1. The van der Waals surface area contributed by atoms with Crippen molar-refractivity contribution >= 4 is 23.0 Å². The Morgan fingerprint density at radius 1 is 1.30 bits per heavy atom. The first-order valence-corrected chi connectivity index (χ1v) is 10.1. The summed E-state index contributed by atoms with van der Waals surface area (Å²) in [5.41, 5.74) is 4.07. The van der Waals surface area contributed by atoms with E-state index in [1.54, 1.807) is 5.51 Å². The van der Waals surface area contributed by atoms with Crippen molar-refractivity contribution in [2.75, 3.05) is 6.61 Å². The molecule has 1 saturated carbocycles. The molecule has 0 saturated heterocycles. The molecule has 1 heterocycles. The van der Waals surface area contributed by atoms with Crippen LogP contribution in [-0.2, 0) is 16.1 Å². The summed E-state index contributed by atoms with van der Waals surface area (Å²) >= 11 is 1.53. The average molecular weight is 388 g/mol. The Morgan fingerprint density at radius 3 is 2.67 bits per heavy atom. The summed E-state index contributed by atoms with van der Waals surface area (Å²) in [7, 11) is 0. The van der Waals surface area contributed by atoms with Crippen molar-refractivity contribution in [3.63, 3.8) is 0 Å². The third kappa shape index (κ3) is 5.61. The summed E-state index contributed by atoms with van der Waals surface area (Å²) in [4.78, 5) is 15.0. The minimum atomic E-state index is -0.896. The first kappa shape index (κ1) is 19.5. The Bertz CT molecular complexity index is 740. The zero-order valence-corrected chi connectivity index (χ0v) is 15.9. The van der Waals surface area contributed by atoms with Crippen molar-refractivity contribution in [2.45, 2.75) is 44.8 Å². The molecule has 0 radical (unpaired) electrons. The maximum Gasteiger partial charge on any atom is 0.305 e. The van der Waals surface area contributed by atoms with Gasteiger partial charge in [0.1, 0.15) is 18.5 Å². The molecule has 0 spiro atoms. The molecule has 1 aliphatic rings. The Balaban J connectivity index is 1.66. The van der Waals surface area contributed by atoms with Gasteiger partial charge < -0.3 is 20.0 Å². The highest BCUT2D eigenvalue weighted by atomic mass is 32.1. The number of aliphatic carboxylic acids is 1. The normalized spacial score (nSPS) is 15.6. The van der Waals surface area contributed by atoms with Crippen LogP contribution < -0.4 is 4.74 Å². The number of carboxylic acids is 1. The van der Waals surface area contributed by atoms with E-state index < -0.39 is 12.1 Å². The van der Waals surface area contributed by atoms with E-state index in [9.17, 15) is 4.79 Å². The maximum atomic E-state index is 10.8. The molecule has 1 aliphatic carbocycles. The maximum absolute atomic E-state index is 10.8. The molecule has 0 bridgehead atoms. The van der Waals surface area contributed by atoms with Crippen LogP contribution in [0.3, 0.4) is 0 Å². The van der Waals surface area contributed by atoms with E-state index in [2.05, 4.69) is 4.98 Å². The zero-order chi connectivity index (χ0) is 19.1. The molecule has 6 nitrogen and oxygen atoms in total. The van der Waals surface area contributed by atoms with E-state index >= 15 is 0 Å². The zero-order valence-electron chi connectivity index (χ0n) is 15.1. The lowest BCUT2D eigenvalue weighted by molar-refractivity contribution is -0.138. The van der Waals surface area contributed by atoms with Gasteiger partial charge in [-0.2, -0.15) is 0 Å². The van der Waals surface area contributed by atoms with Gasteiger partial charge in [0.15, 0.2) is 0 Å². The number of hydrogen-bond acceptors (Lipinski definition) is 6. The Labute approximate surface area is 162 Å². The number of carbonyl (C=O) groups is 1. The van der Waals surface area contributed by atoms with Gasteiger partial charge in [0.05, 0.1) is 24.2 Å². The van der Waals surface area contributed by atoms with Crippen molar-refractivity contribution in [1.82, 2.24) is 4.98 Å². The van der Waals surface area contributed by atoms with Gasteiger partial charge in [-0.3, -0.25) is 4.79 Å². The standard InChI is InChI=1S/C20H24N2O4S/c21-19(14-3-1-2-4-14)20(25-10-9-18(23)24)15-5-7-17(8-6-15)26-11-16-12-27-13-22-16/h5-8,12-14,20-21H,1-4,9-11H2,(H,23,24). The summed E-state index contributed by atoms with van der Waals surface area (Å²) in [5.74, 6) is 0.0517. The van der Waals surface area contributed by atoms with Crippen LogP contribution >= 0.6 is 11.3 Å². The van der Waals surface area contributed by atoms with Gasteiger partial charge in [0.25, 0.3) is 0 Å². The van der Waals surface area contributed by atoms with Gasteiger partial charge in [0, 0.05) is 11.1 Å². The lowest BCUT2D eigenvalue weighted by atomic mass is 9.93. The van der Waals surface area contributed by atoms with Gasteiger partial charge in [-0.25, -0.2) is 4.98 Å². The van der Waals surface area contributed by atoms with Crippen molar-refractivity contribution in [2.24, 2.45) is 5.92 Å². The third-order valence-electron chi connectivity index (χ3n) is 4.73. The van der Waals surface area contributed by atoms with Crippen LogP contribution in [0.2, 0.25) is 0 Å². The average Bonchev–Trinajstić information content (AvgIpc) is 3.37. The number of benzene rings is 1. The molecule has 0 aliphatic heterocycles. The minimum Gasteiger partial charge on any atom is -0.487 e. The molecule has 2 aromatic rings. The summed E-state index contributed by atoms with van der Waals surface area (Å²) in [6.07, 6.45) is 3.72. The summed E-state index contributed by atoms with van der Waals surface area (Å²) < 4.78 is 11.5. The van der Waals surface area contributed by atoms with Crippen molar-refractivity contribution in [3.05, 3.63) is 46.4 Å². The molecular weight excluding hydrogens is 364 g/mol. The number of nitrogens with zero attached hydrogens (tertiary/aromatic N) is 1. The number of hydrogen-bond donors (Lipinski definition) is 2. The van der Waals surface area contributed by atoms with E-state index in [0.29, 0.717) is 12.3 Å². The quantitative estimate of drug-likeness (QED) is 0.586. The van der Waals surface area contributed by atoms with Crippen molar-refractivity contribution in [1.29, 1.82) is 5.41 Å². The number of ether oxygens (including phenoxy) is 2. The van der Waals surface area contributed by atoms with Gasteiger partial charge in [-0.05, 0) is 36.5 Å². The van der Waals surface area contributed by atoms with E-state index in [0.717, 1.165) is 42.7 Å². The summed E-state index contributed by atoms with van der Waals surface area (Å²) in [6, 6.07) is 7.50. The first-order chi connectivity index (χ1) is 13.1. The largest absolute Gasteiger partial charge is 0.487 e. The highest BCUT2D eigenvalue weighted by Gasteiger charge is 2.28. The smallest absolute Gasteiger partial charge is 0.305 e. The minimum absolute atomic E-state index is 0.0662. The van der Waals surface area contributed by atoms with E-state index in [-0.39, 0.29) is 18.9 Å². The molecular formula is C20H24N2O4S. The van der Waals surface area contributed by atoms with Crippen LogP contribution in [0.1, 0.15) is 49.5 Å². The van der Waals surface area contributed by atoms with Gasteiger partial charge in [-0.15, -0.1) is 11.3 Å². The molecule has 144 valence electrons. The monoisotopic (exact) mass is 388 g/mol. The molecule has 1 aromatic carbocycles. The molecule has 1 unspecified atom stereocenters. The lowest BCUT2D eigenvalue weighted by Gasteiger charge is -2.23. The van der Waals surface area contributed by atoms with Crippen LogP contribution in [-0.4, -0.2) is 28.4 Å². The van der Waals surface area contributed by atoms with Crippen LogP contribution in [0, 0.1) is 11.3 Å². The molecule has 0 amide bonds. The Hall–Kier alpha value is -2.25. The molecule has 27 heavy (non-hydrogen) atoms. The van der Waals surface area contributed by atoms with Gasteiger partial charge in [-0.1, -0.05) is 25.0 Å². The fraction of sp³-hybridized carbons (Fsp3) is 0.450. The number of thiazole rings is 1. The highest BCUT2D eigenvalue weighted by molar-refractivity contribution is 7.07. The topological polar surface area (TPSA) is 92.5 Å². The van der Waals surface area contributed by atoms with E-state index in [1.165, 1.54) is 11.3 Å². The van der Waals surface area contributed by atoms with Crippen molar-refractivity contribution in [3.8, 4) is 5.75 Å². The highest BCUT2D eigenvalue weighted by Crippen LogP contribution is 2.33. The van der Waals surface area contributed by atoms with Crippen molar-refractivity contribution < 1.29 is 19.4 Å². The van der Waals surface area contributed by atoms with Crippen LogP contribution in [0.25, 0.3) is 0 Å². The second-order valence-electron chi connectivity index (χ2n) is 6.67. The van der Waals surface area contributed by atoms with Gasteiger partial charge >= 0.3 is 5.97 Å². The Kier molecular flexibility index (Phi) is 6.95. The van der Waals surface area contributed by atoms with E-state index in [4.69, 9.17) is 20.0 Å². The molecule has 3 rings (SSSR count). The van der Waals surface area contributed by atoms with Crippen LogP contribution in [0.4, 0.5) is 0 Å². The SMILES string of the molecule is N=C(C1CCCC1)C(OCCC(=O)O)c1ccc(OCc2cscn2)cc1. The lowest BCUT2D eigenvalue weighted by Crippen LogP contribution is -2.23. The first-order valence-electron chi connectivity index (χ1n) is 9.15. The second-order valence-corrected chi connectivity index (χ2v) is 7.39. The number of rotatable bonds is 10. The predicted octanol–water partition coefficient (Wildman–Crippen LogP) is 4.46. The van der Waals surface area contributed by atoms with Gasteiger partial charge in [0.2, 0.25) is 0 Å². The number of carboxylic acid groups (broad SMARTS) is 1. The molecule has 2 N–H and O–H groups in total. The number of nitrogens with one attached hydrogen (secondary N) is 1. The fourth-order valence-electron chi connectivity index (χ4n) is 3.29.